The molecule has 1 aromatic carbocycles. The second-order valence-corrected chi connectivity index (χ2v) is 4.18. The topological polar surface area (TPSA) is 38.5 Å². The fourth-order valence-corrected chi connectivity index (χ4v) is 1.78. The van der Waals surface area contributed by atoms with Crippen molar-refractivity contribution in [3.05, 3.63) is 29.8 Å². The molecule has 1 aromatic rings. The molecule has 0 aliphatic carbocycles. The first-order valence-electron chi connectivity index (χ1n) is 5.38. The maximum Gasteiger partial charge on any atom is 0.0718 e. The van der Waals surface area contributed by atoms with E-state index < -0.39 is 0 Å². The van der Waals surface area contributed by atoms with Gasteiger partial charge in [0.15, 0.2) is 0 Å². The van der Waals surface area contributed by atoms with Crippen LogP contribution in [0.2, 0.25) is 0 Å². The number of benzene rings is 1. The van der Waals surface area contributed by atoms with Gasteiger partial charge in [-0.1, -0.05) is 12.1 Å². The molecule has 0 radical (unpaired) electrons. The Hall–Kier alpha value is -1.06. The highest BCUT2D eigenvalue weighted by Gasteiger charge is 2.23. The second-order valence-electron chi connectivity index (χ2n) is 4.18. The molecule has 2 rings (SSSR count). The van der Waals surface area contributed by atoms with Gasteiger partial charge in [0.2, 0.25) is 0 Å². The van der Waals surface area contributed by atoms with Crippen molar-refractivity contribution < 1.29 is 4.74 Å². The van der Waals surface area contributed by atoms with Crippen LogP contribution >= 0.6 is 0 Å². The summed E-state index contributed by atoms with van der Waals surface area (Å²) in [6.45, 7) is 2.69. The van der Waals surface area contributed by atoms with Gasteiger partial charge in [-0.05, 0) is 37.7 Å². The molecule has 1 fully saturated rings. The Kier molecular flexibility index (Phi) is 3.23. The Morgan fingerprint density at radius 2 is 2.40 bits per heavy atom. The number of anilines is 1. The zero-order chi connectivity index (χ0) is 10.7. The number of likely N-dealkylation sites (N-methyl/N-ethyl adjacent to an activating group) is 1. The molecule has 0 aromatic heterocycles. The minimum atomic E-state index is 0.617. The van der Waals surface area contributed by atoms with Crippen LogP contribution < -0.4 is 5.73 Å². The largest absolute Gasteiger partial charge is 0.399 e. The van der Waals surface area contributed by atoms with Crippen LogP contribution in [0, 0.1) is 0 Å². The smallest absolute Gasteiger partial charge is 0.0718 e. The lowest BCUT2D eigenvalue weighted by Crippen LogP contribution is -2.47. The first kappa shape index (κ1) is 10.5. The van der Waals surface area contributed by atoms with Crippen LogP contribution in [-0.2, 0) is 11.3 Å². The number of ether oxygens (including phenoxy) is 1. The number of nitrogens with two attached hydrogens (primary N) is 1. The Balaban J connectivity index is 1.73. The highest BCUT2D eigenvalue weighted by Crippen LogP contribution is 2.15. The maximum absolute atomic E-state index is 5.69. The highest BCUT2D eigenvalue weighted by molar-refractivity contribution is 5.40. The summed E-state index contributed by atoms with van der Waals surface area (Å²) < 4.78 is 5.65. The zero-order valence-electron chi connectivity index (χ0n) is 9.15. The van der Waals surface area contributed by atoms with Gasteiger partial charge in [0.25, 0.3) is 0 Å². The van der Waals surface area contributed by atoms with E-state index in [1.807, 2.05) is 24.3 Å². The fraction of sp³-hybridized carbons (Fsp3) is 0.500. The Bertz CT molecular complexity index is 327. The van der Waals surface area contributed by atoms with Crippen molar-refractivity contribution in [3.63, 3.8) is 0 Å². The number of nitrogen functional groups attached to an aromatic ring is 1. The molecule has 0 unspecified atom stereocenters. The lowest BCUT2D eigenvalue weighted by Gasteiger charge is -2.37. The number of hydrogen-bond acceptors (Lipinski definition) is 3. The molecule has 3 heteroatoms. The SMILES string of the molecule is CN1CC[C@H]1COCc1cccc(N)c1. The van der Waals surface area contributed by atoms with Gasteiger partial charge in [0.05, 0.1) is 13.2 Å². The van der Waals surface area contributed by atoms with E-state index in [1.165, 1.54) is 13.0 Å². The van der Waals surface area contributed by atoms with E-state index in [2.05, 4.69) is 11.9 Å². The molecule has 1 atom stereocenters. The number of likely N-dealkylation sites (tertiary alicyclic amines) is 1. The number of rotatable bonds is 4. The molecular weight excluding hydrogens is 188 g/mol. The van der Waals surface area contributed by atoms with E-state index in [0.717, 1.165) is 17.9 Å². The van der Waals surface area contributed by atoms with Crippen LogP contribution in [0.4, 0.5) is 5.69 Å². The van der Waals surface area contributed by atoms with Crippen molar-refractivity contribution in [3.8, 4) is 0 Å². The van der Waals surface area contributed by atoms with Crippen molar-refractivity contribution in [1.82, 2.24) is 4.90 Å². The van der Waals surface area contributed by atoms with E-state index in [4.69, 9.17) is 10.5 Å². The first-order chi connectivity index (χ1) is 7.25. The van der Waals surface area contributed by atoms with Crippen LogP contribution in [0.5, 0.6) is 0 Å². The Labute approximate surface area is 90.8 Å². The van der Waals surface area contributed by atoms with Gasteiger partial charge in [0, 0.05) is 11.7 Å². The summed E-state index contributed by atoms with van der Waals surface area (Å²) in [5, 5.41) is 0. The fourth-order valence-electron chi connectivity index (χ4n) is 1.78. The van der Waals surface area contributed by atoms with Gasteiger partial charge >= 0.3 is 0 Å². The normalized spacial score (nSPS) is 21.3. The van der Waals surface area contributed by atoms with E-state index >= 15 is 0 Å². The molecule has 1 heterocycles. The van der Waals surface area contributed by atoms with Crippen LogP contribution in [-0.4, -0.2) is 31.1 Å². The van der Waals surface area contributed by atoms with E-state index in [1.54, 1.807) is 0 Å². The van der Waals surface area contributed by atoms with Gasteiger partial charge < -0.3 is 15.4 Å². The number of nitrogens with zero attached hydrogens (tertiary/aromatic N) is 1. The van der Waals surface area contributed by atoms with Crippen LogP contribution in [0.1, 0.15) is 12.0 Å². The summed E-state index contributed by atoms with van der Waals surface area (Å²) in [6.07, 6.45) is 1.26. The Morgan fingerprint density at radius 3 is 3.00 bits per heavy atom. The number of hydrogen-bond donors (Lipinski definition) is 1. The predicted molar refractivity (Wildman–Crippen MR) is 61.5 cm³/mol. The third kappa shape index (κ3) is 2.70. The minimum Gasteiger partial charge on any atom is -0.399 e. The van der Waals surface area contributed by atoms with Crippen molar-refractivity contribution in [2.75, 3.05) is 25.9 Å². The maximum atomic E-state index is 5.69. The monoisotopic (exact) mass is 206 g/mol. The average Bonchev–Trinajstić information content (AvgIpc) is 2.22. The lowest BCUT2D eigenvalue weighted by atomic mass is 10.1. The summed E-state index contributed by atoms with van der Waals surface area (Å²) in [6, 6.07) is 8.48. The molecule has 15 heavy (non-hydrogen) atoms. The summed E-state index contributed by atoms with van der Waals surface area (Å²) in [4.78, 5) is 2.32. The average molecular weight is 206 g/mol. The molecule has 0 spiro atoms. The molecule has 1 aliphatic rings. The van der Waals surface area contributed by atoms with Gasteiger partial charge in [-0.15, -0.1) is 0 Å². The van der Waals surface area contributed by atoms with Gasteiger partial charge in [0.1, 0.15) is 0 Å². The molecule has 82 valence electrons. The van der Waals surface area contributed by atoms with Gasteiger partial charge in [-0.3, -0.25) is 0 Å². The zero-order valence-corrected chi connectivity index (χ0v) is 9.15. The molecule has 3 nitrogen and oxygen atoms in total. The summed E-state index contributed by atoms with van der Waals surface area (Å²) in [5.41, 5.74) is 7.64. The highest BCUT2D eigenvalue weighted by atomic mass is 16.5. The van der Waals surface area contributed by atoms with Gasteiger partial charge in [-0.2, -0.15) is 0 Å². The summed E-state index contributed by atoms with van der Waals surface area (Å²) in [7, 11) is 2.14. The van der Waals surface area contributed by atoms with E-state index in [0.29, 0.717) is 12.6 Å². The van der Waals surface area contributed by atoms with Crippen molar-refractivity contribution in [1.29, 1.82) is 0 Å². The predicted octanol–water partition coefficient (Wildman–Crippen LogP) is 1.49. The van der Waals surface area contributed by atoms with E-state index in [9.17, 15) is 0 Å². The van der Waals surface area contributed by atoms with E-state index in [-0.39, 0.29) is 0 Å². The van der Waals surface area contributed by atoms with Crippen molar-refractivity contribution in [2.24, 2.45) is 0 Å². The molecule has 0 saturated carbocycles. The molecule has 0 bridgehead atoms. The minimum absolute atomic E-state index is 0.617. The summed E-state index contributed by atoms with van der Waals surface area (Å²) in [5.74, 6) is 0. The van der Waals surface area contributed by atoms with Crippen LogP contribution in [0.25, 0.3) is 0 Å². The molecule has 1 aliphatic heterocycles. The van der Waals surface area contributed by atoms with Crippen molar-refractivity contribution >= 4 is 5.69 Å². The third-order valence-electron chi connectivity index (χ3n) is 2.97. The molecule has 0 amide bonds. The van der Waals surface area contributed by atoms with Gasteiger partial charge in [-0.25, -0.2) is 0 Å². The Morgan fingerprint density at radius 1 is 1.53 bits per heavy atom. The second kappa shape index (κ2) is 4.64. The lowest BCUT2D eigenvalue weighted by molar-refractivity contribution is 0.0144. The standard InChI is InChI=1S/C12H18N2O/c1-14-6-5-12(14)9-15-8-10-3-2-4-11(13)7-10/h2-4,7,12H,5-6,8-9,13H2,1H3/t12-/m0/s1. The first-order valence-corrected chi connectivity index (χ1v) is 5.38. The van der Waals surface area contributed by atoms with Crippen molar-refractivity contribution in [2.45, 2.75) is 19.1 Å². The quantitative estimate of drug-likeness (QED) is 0.758. The molecule has 2 N–H and O–H groups in total. The third-order valence-corrected chi connectivity index (χ3v) is 2.97. The summed E-state index contributed by atoms with van der Waals surface area (Å²) >= 11 is 0. The van der Waals surface area contributed by atoms with Crippen LogP contribution in [0.15, 0.2) is 24.3 Å². The molecule has 1 saturated heterocycles. The molecular formula is C12H18N2O. The van der Waals surface area contributed by atoms with Crippen LogP contribution in [0.3, 0.4) is 0 Å².